The van der Waals surface area contributed by atoms with Crippen LogP contribution in [0.2, 0.25) is 0 Å². The topological polar surface area (TPSA) is 47.7 Å². The van der Waals surface area contributed by atoms with Crippen LogP contribution in [0.1, 0.15) is 42.5 Å². The number of aromatic nitrogens is 4. The van der Waals surface area contributed by atoms with Gasteiger partial charge in [0.05, 0.1) is 11.4 Å². The summed E-state index contributed by atoms with van der Waals surface area (Å²) >= 11 is 0. The Balaban J connectivity index is 2.26. The van der Waals surface area contributed by atoms with E-state index in [1.807, 2.05) is 18.8 Å². The first-order valence-electron chi connectivity index (χ1n) is 7.32. The number of likely N-dealkylation sites (N-methyl/N-ethyl adjacent to an activating group) is 1. The molecule has 5 heteroatoms. The van der Waals surface area contributed by atoms with Crippen LogP contribution < -0.4 is 5.32 Å². The highest BCUT2D eigenvalue weighted by molar-refractivity contribution is 5.23. The van der Waals surface area contributed by atoms with Gasteiger partial charge in [0.15, 0.2) is 0 Å². The molecule has 0 bridgehead atoms. The van der Waals surface area contributed by atoms with E-state index >= 15 is 0 Å². The normalized spacial score (nSPS) is 12.8. The van der Waals surface area contributed by atoms with Crippen molar-refractivity contribution < 1.29 is 0 Å². The molecule has 0 radical (unpaired) electrons. The van der Waals surface area contributed by atoms with E-state index < -0.39 is 0 Å². The van der Waals surface area contributed by atoms with E-state index in [-0.39, 0.29) is 6.04 Å². The summed E-state index contributed by atoms with van der Waals surface area (Å²) in [5.74, 6) is 0. The summed E-state index contributed by atoms with van der Waals surface area (Å²) < 4.78 is 3.98. The van der Waals surface area contributed by atoms with E-state index in [0.29, 0.717) is 0 Å². The van der Waals surface area contributed by atoms with Gasteiger partial charge in [0, 0.05) is 43.5 Å². The van der Waals surface area contributed by atoms with Gasteiger partial charge < -0.3 is 5.32 Å². The fourth-order valence-electron chi connectivity index (χ4n) is 2.66. The maximum Gasteiger partial charge on any atom is 0.0641 e. The molecule has 20 heavy (non-hydrogen) atoms. The van der Waals surface area contributed by atoms with E-state index in [1.54, 1.807) is 0 Å². The SMILES string of the molecule is CCc1cc(CC(NC)c2cn(C)nc2C)n(CC)n1. The van der Waals surface area contributed by atoms with Crippen molar-refractivity contribution in [1.29, 1.82) is 0 Å². The number of hydrogen-bond donors (Lipinski definition) is 1. The number of aryl methyl sites for hydroxylation is 4. The van der Waals surface area contributed by atoms with Gasteiger partial charge in [-0.05, 0) is 33.4 Å². The van der Waals surface area contributed by atoms with Crippen LogP contribution in [0.5, 0.6) is 0 Å². The molecule has 2 rings (SSSR count). The van der Waals surface area contributed by atoms with Crippen molar-refractivity contribution >= 4 is 0 Å². The maximum absolute atomic E-state index is 4.62. The summed E-state index contributed by atoms with van der Waals surface area (Å²) in [6.07, 6.45) is 4.02. The highest BCUT2D eigenvalue weighted by Crippen LogP contribution is 2.21. The van der Waals surface area contributed by atoms with Crippen molar-refractivity contribution in [2.24, 2.45) is 7.05 Å². The van der Waals surface area contributed by atoms with Gasteiger partial charge in [-0.3, -0.25) is 9.36 Å². The molecule has 2 aromatic rings. The van der Waals surface area contributed by atoms with E-state index in [2.05, 4.69) is 53.2 Å². The fourth-order valence-corrected chi connectivity index (χ4v) is 2.66. The molecule has 1 N–H and O–H groups in total. The average molecular weight is 275 g/mol. The summed E-state index contributed by atoms with van der Waals surface area (Å²) in [7, 11) is 3.97. The van der Waals surface area contributed by atoms with E-state index in [1.165, 1.54) is 17.0 Å². The predicted octanol–water partition coefficient (Wildman–Crippen LogP) is 2.01. The van der Waals surface area contributed by atoms with Gasteiger partial charge in [0.25, 0.3) is 0 Å². The summed E-state index contributed by atoms with van der Waals surface area (Å²) in [4.78, 5) is 0. The molecule has 5 nitrogen and oxygen atoms in total. The molecule has 0 spiro atoms. The number of nitrogens with one attached hydrogen (secondary N) is 1. The summed E-state index contributed by atoms with van der Waals surface area (Å²) in [5, 5.41) is 12.5. The first-order chi connectivity index (χ1) is 9.58. The molecule has 110 valence electrons. The van der Waals surface area contributed by atoms with Gasteiger partial charge in [0.1, 0.15) is 0 Å². The van der Waals surface area contributed by atoms with Gasteiger partial charge in [-0.15, -0.1) is 0 Å². The van der Waals surface area contributed by atoms with Crippen LogP contribution in [0, 0.1) is 6.92 Å². The lowest BCUT2D eigenvalue weighted by molar-refractivity contribution is 0.538. The Morgan fingerprint density at radius 1 is 1.30 bits per heavy atom. The molecule has 0 aliphatic heterocycles. The molecule has 1 atom stereocenters. The molecule has 0 aliphatic carbocycles. The van der Waals surface area contributed by atoms with Crippen molar-refractivity contribution in [2.45, 2.75) is 46.2 Å². The van der Waals surface area contributed by atoms with E-state index in [9.17, 15) is 0 Å². The molecule has 0 aliphatic rings. The third kappa shape index (κ3) is 2.93. The first-order valence-corrected chi connectivity index (χ1v) is 7.32. The Labute approximate surface area is 121 Å². The van der Waals surface area contributed by atoms with Gasteiger partial charge in [-0.2, -0.15) is 10.2 Å². The summed E-state index contributed by atoms with van der Waals surface area (Å²) in [6, 6.07) is 2.50. The lowest BCUT2D eigenvalue weighted by atomic mass is 10.0. The largest absolute Gasteiger partial charge is 0.313 e. The quantitative estimate of drug-likeness (QED) is 0.877. The third-order valence-corrected chi connectivity index (χ3v) is 3.76. The molecule has 0 aromatic carbocycles. The minimum atomic E-state index is 0.274. The fraction of sp³-hybridized carbons (Fsp3) is 0.600. The second-order valence-corrected chi connectivity index (χ2v) is 5.19. The molecular formula is C15H25N5. The lowest BCUT2D eigenvalue weighted by Crippen LogP contribution is -2.21. The third-order valence-electron chi connectivity index (χ3n) is 3.76. The summed E-state index contributed by atoms with van der Waals surface area (Å²) in [6.45, 7) is 7.26. The van der Waals surface area contributed by atoms with Crippen LogP contribution in [-0.2, 0) is 26.4 Å². The van der Waals surface area contributed by atoms with Crippen molar-refractivity contribution in [3.63, 3.8) is 0 Å². The van der Waals surface area contributed by atoms with Crippen LogP contribution in [0.15, 0.2) is 12.3 Å². The smallest absolute Gasteiger partial charge is 0.0641 e. The second kappa shape index (κ2) is 6.22. The Morgan fingerprint density at radius 2 is 2.05 bits per heavy atom. The van der Waals surface area contributed by atoms with Crippen LogP contribution in [0.25, 0.3) is 0 Å². The number of hydrogen-bond acceptors (Lipinski definition) is 3. The predicted molar refractivity (Wildman–Crippen MR) is 80.7 cm³/mol. The lowest BCUT2D eigenvalue weighted by Gasteiger charge is -2.16. The Kier molecular flexibility index (Phi) is 4.60. The molecule has 0 saturated heterocycles. The van der Waals surface area contributed by atoms with Crippen molar-refractivity contribution in [2.75, 3.05) is 7.05 Å². The zero-order chi connectivity index (χ0) is 14.7. The molecule has 0 amide bonds. The van der Waals surface area contributed by atoms with Gasteiger partial charge >= 0.3 is 0 Å². The minimum Gasteiger partial charge on any atom is -0.313 e. The average Bonchev–Trinajstić information content (AvgIpc) is 2.98. The Bertz CT molecular complexity index is 567. The Morgan fingerprint density at radius 3 is 2.55 bits per heavy atom. The molecule has 2 heterocycles. The van der Waals surface area contributed by atoms with Gasteiger partial charge in [-0.1, -0.05) is 6.92 Å². The molecule has 0 saturated carbocycles. The second-order valence-electron chi connectivity index (χ2n) is 5.19. The first kappa shape index (κ1) is 14.8. The molecule has 0 fully saturated rings. The van der Waals surface area contributed by atoms with Crippen LogP contribution in [0.3, 0.4) is 0 Å². The summed E-state index contributed by atoms with van der Waals surface area (Å²) in [5.41, 5.74) is 4.80. The highest BCUT2D eigenvalue weighted by atomic mass is 15.3. The maximum atomic E-state index is 4.62. The number of nitrogens with zero attached hydrogens (tertiary/aromatic N) is 4. The van der Waals surface area contributed by atoms with Gasteiger partial charge in [0.2, 0.25) is 0 Å². The minimum absolute atomic E-state index is 0.274. The van der Waals surface area contributed by atoms with E-state index in [0.717, 1.165) is 25.1 Å². The van der Waals surface area contributed by atoms with Crippen LogP contribution in [0.4, 0.5) is 0 Å². The zero-order valence-corrected chi connectivity index (χ0v) is 13.1. The van der Waals surface area contributed by atoms with E-state index in [4.69, 9.17) is 0 Å². The Hall–Kier alpha value is -1.62. The standard InChI is InChI=1S/C15H25N5/c1-6-12-8-13(20(7-2)18-12)9-15(16-4)14-10-19(5)17-11(14)3/h8,10,15-16H,6-7,9H2,1-5H3. The molecular weight excluding hydrogens is 250 g/mol. The van der Waals surface area contributed by atoms with Crippen molar-refractivity contribution in [1.82, 2.24) is 24.9 Å². The molecule has 1 unspecified atom stereocenters. The van der Waals surface area contributed by atoms with Crippen molar-refractivity contribution in [3.8, 4) is 0 Å². The monoisotopic (exact) mass is 275 g/mol. The molecule has 2 aromatic heterocycles. The van der Waals surface area contributed by atoms with Crippen LogP contribution >= 0.6 is 0 Å². The zero-order valence-electron chi connectivity index (χ0n) is 13.1. The van der Waals surface area contributed by atoms with Crippen LogP contribution in [-0.4, -0.2) is 26.6 Å². The number of rotatable bonds is 6. The highest BCUT2D eigenvalue weighted by Gasteiger charge is 2.18. The van der Waals surface area contributed by atoms with Crippen molar-refractivity contribution in [3.05, 3.63) is 34.9 Å². The van der Waals surface area contributed by atoms with Gasteiger partial charge in [-0.25, -0.2) is 0 Å².